The third-order valence-electron chi connectivity index (χ3n) is 24.7. The molecule has 3 saturated heterocycles. The minimum Gasteiger partial charge on any atom is -0.508 e. The molecule has 42 nitrogen and oxygen atoms in total. The van der Waals surface area contributed by atoms with Crippen LogP contribution in [-0.2, 0) is 112 Å². The monoisotopic (exact) mass is 1910 g/mol. The van der Waals surface area contributed by atoms with Gasteiger partial charge >= 0.3 is 5.97 Å². The SMILES string of the molecule is CCCC[C@H]1C(=O)N(C)[C@@H](CCCC)C(=O)N[C@@H](CC(C)C)C(=O)N[C@H](C(=O)NCC(N)=O)CSCC(=O)N[C@@H](Cc2ccc(O)cc2)C(=O)N(CC)[C@@H](C)C(=O)N[C@@H](CC(N)=O)C(=O)N2CCC[C@H]2C(=O)N[C@@H](Cc2cnc[nH]2)C(=O)C[C@@H](CCC(=O)O)C(=O)N2C[C@H](O)C[C@H]2C(=O)N[C@@H](Cc2c[nH]c3ccccc23)C(=O)N[C@@H](CCN)C(=O)N[C@@H](Cc2c[nH]c3ccccc23)C(=O)N1C. The fraction of sp³-hybridized carbons (Fsp3) is 0.538. The summed E-state index contributed by atoms with van der Waals surface area (Å²) in [5, 5.41) is 57.4. The number of phenols is 1. The number of aliphatic carboxylic acids is 1. The van der Waals surface area contributed by atoms with Gasteiger partial charge in [-0.1, -0.05) is 102 Å². The van der Waals surface area contributed by atoms with Crippen LogP contribution >= 0.6 is 11.8 Å². The summed E-state index contributed by atoms with van der Waals surface area (Å²) in [5.74, 6) is -20.0. The number of phenolic OH excluding ortho intramolecular Hbond substituents is 1. The topological polar surface area (TPSA) is 631 Å². The molecule has 3 fully saturated rings. The number of nitrogens with two attached hydrogens (primary N) is 3. The van der Waals surface area contributed by atoms with Crippen LogP contribution in [0.25, 0.3) is 21.8 Å². The maximum absolute atomic E-state index is 15.8. The summed E-state index contributed by atoms with van der Waals surface area (Å²) in [5.41, 5.74) is 20.5. The summed E-state index contributed by atoms with van der Waals surface area (Å²) >= 11 is 0.796. The molecule has 136 heavy (non-hydrogen) atoms. The molecular formula is C93H129N21O21S. The number of unbranched alkanes of at least 4 members (excludes halogenated alkanes) is 2. The summed E-state index contributed by atoms with van der Waals surface area (Å²) in [6.07, 6.45) is 1.60. The van der Waals surface area contributed by atoms with Crippen molar-refractivity contribution < 1.29 is 102 Å². The van der Waals surface area contributed by atoms with Gasteiger partial charge in [0.05, 0.1) is 37.2 Å². The average molecular weight is 1910 g/mol. The lowest BCUT2D eigenvalue weighted by atomic mass is 9.91. The van der Waals surface area contributed by atoms with E-state index in [1.54, 1.807) is 74.8 Å². The number of hydrogen-bond acceptors (Lipinski definition) is 23. The third-order valence-corrected chi connectivity index (χ3v) is 25.8. The predicted octanol–water partition coefficient (Wildman–Crippen LogP) is -0.490. The van der Waals surface area contributed by atoms with Gasteiger partial charge < -0.3 is 120 Å². The predicted molar refractivity (Wildman–Crippen MR) is 500 cm³/mol. The molecular weight excluding hydrogens is 1780 g/mol. The van der Waals surface area contributed by atoms with Crippen molar-refractivity contribution in [2.75, 3.05) is 58.3 Å². The highest BCUT2D eigenvalue weighted by Gasteiger charge is 2.47. The number of aliphatic hydroxyl groups excluding tert-OH is 1. The number of Topliss-reactive ketones (excluding diaryl/α,β-unsaturated/α-hetero) is 1. The molecule has 43 heteroatoms. The first kappa shape index (κ1) is 106. The number of carboxylic acid groups (broad SMARTS) is 1. The highest BCUT2D eigenvalue weighted by Crippen LogP contribution is 2.30. The van der Waals surface area contributed by atoms with Gasteiger partial charge in [0.25, 0.3) is 0 Å². The molecule has 3 aromatic carbocycles. The number of nitrogens with zero attached hydrogens (tertiary/aromatic N) is 6. The number of benzene rings is 3. The smallest absolute Gasteiger partial charge is 0.303 e. The number of likely N-dealkylation sites (N-methyl/N-ethyl adjacent to an activating group) is 3. The molecule has 3 aliphatic rings. The van der Waals surface area contributed by atoms with Gasteiger partial charge in [-0.3, -0.25) is 86.3 Å². The van der Waals surface area contributed by atoms with Crippen molar-refractivity contribution in [3.05, 3.63) is 120 Å². The van der Waals surface area contributed by atoms with Crippen LogP contribution in [0.4, 0.5) is 0 Å². The van der Waals surface area contributed by atoms with E-state index >= 15 is 43.2 Å². The number of hydrogen-bond donors (Lipinski definition) is 18. The van der Waals surface area contributed by atoms with Crippen molar-refractivity contribution in [3.63, 3.8) is 0 Å². The number of amides is 16. The quantitative estimate of drug-likeness (QED) is 0.0309. The number of carboxylic acids is 1. The lowest BCUT2D eigenvalue weighted by Gasteiger charge is -2.36. The first-order chi connectivity index (χ1) is 64.8. The molecule has 15 atom stereocenters. The second kappa shape index (κ2) is 50.9. The van der Waals surface area contributed by atoms with Gasteiger partial charge in [0.1, 0.15) is 78.3 Å². The Balaban J connectivity index is 1.11. The summed E-state index contributed by atoms with van der Waals surface area (Å²) in [4.78, 5) is 283. The standard InChI is InChI=1S/C93H129N21O21S/c1-9-12-23-72-86(128)105-66(35-51(4)5)84(126)109-71(82(124)100-46-78(96)119)48-136-49-79(120)102-68(36-53-26-29-58(115)30-27-53)91(133)112(11-3)52(6)81(123)107-70(42-77(95)118)92(134)113-34-18-25-73(113)87(129)104-65(40-57-45-97-50-101-57)76(117)39-54(28-31-80(121)122)89(131)114-47-59(116)41-75(114)88(130)106-67(37-55-43-98-62-21-16-14-19-60(55)62)85(127)103-64(32-33-94)83(125)108-69(38-56-44-99-63-22-17-15-20-61(56)63)90(132)111(8)74(24-13-10-2)93(135)110(72)7/h14-17,19-22,26-27,29-30,43-45,50-52,54,59,64-75,98-99,115-116H,9-13,18,23-25,28,31-42,46-49,94H2,1-8H3,(H2,95,118)(H2,96,119)(H,97,101)(H,100,124)(H,102,120)(H,103,127)(H,104,129)(H,105,128)(H,106,130)(H,107,123)(H,108,125)(H,109,126)(H,121,122)/t52-,54+,59+,64-,65-,66-,67-,68-,69-,70-,71-,72-,73-,74-,75-/m0/s1. The van der Waals surface area contributed by atoms with Crippen LogP contribution in [0.15, 0.2) is 97.7 Å². The molecule has 6 heterocycles. The number of thioether (sulfide) groups is 1. The number of aromatic hydroxyl groups is 1. The van der Waals surface area contributed by atoms with E-state index in [0.29, 0.717) is 64.2 Å². The normalized spacial score (nSPS) is 24.8. The summed E-state index contributed by atoms with van der Waals surface area (Å²) in [6, 6.07) is -0.0600. The zero-order chi connectivity index (χ0) is 99.3. The van der Waals surface area contributed by atoms with Crippen LogP contribution in [0, 0.1) is 11.8 Å². The number of primary amides is 2. The Morgan fingerprint density at radius 3 is 1.76 bits per heavy atom. The van der Waals surface area contributed by atoms with Crippen molar-refractivity contribution in [2.45, 2.75) is 248 Å². The fourth-order valence-corrected chi connectivity index (χ4v) is 18.2. The molecule has 0 aliphatic carbocycles. The summed E-state index contributed by atoms with van der Waals surface area (Å²) in [7, 11) is 2.76. The molecule has 0 unspecified atom stereocenters. The van der Waals surface area contributed by atoms with Gasteiger partial charge in [0.2, 0.25) is 94.5 Å². The lowest BCUT2D eigenvalue weighted by Crippen LogP contribution is -2.61. The number of rotatable bonds is 27. The molecule has 0 radical (unpaired) electrons. The Morgan fingerprint density at radius 1 is 0.581 bits per heavy atom. The minimum absolute atomic E-state index is 0.0253. The number of imidazole rings is 1. The average Bonchev–Trinajstić information content (AvgIpc) is 1.60. The largest absolute Gasteiger partial charge is 0.508 e. The van der Waals surface area contributed by atoms with E-state index in [0.717, 1.165) is 26.5 Å². The Morgan fingerprint density at radius 2 is 1.15 bits per heavy atom. The Labute approximate surface area is 791 Å². The van der Waals surface area contributed by atoms with Gasteiger partial charge in [-0.2, -0.15) is 0 Å². The van der Waals surface area contributed by atoms with E-state index in [2.05, 4.69) is 67.8 Å². The number of aromatic amines is 3. The summed E-state index contributed by atoms with van der Waals surface area (Å²) in [6.45, 7) is 8.20. The van der Waals surface area contributed by atoms with E-state index < -0.39 is 254 Å². The molecule has 6 aromatic rings. The number of H-pyrrole nitrogens is 3. The van der Waals surface area contributed by atoms with Gasteiger partial charge in [0, 0.05) is 136 Å². The molecule has 0 spiro atoms. The van der Waals surface area contributed by atoms with Crippen molar-refractivity contribution in [2.24, 2.45) is 29.0 Å². The highest BCUT2D eigenvalue weighted by atomic mass is 32.2. The second-order valence-corrected chi connectivity index (χ2v) is 36.3. The Hall–Kier alpha value is -13.3. The number of aliphatic hydroxyl groups is 1. The van der Waals surface area contributed by atoms with Crippen LogP contribution in [-0.4, -0.2) is 309 Å². The number of nitrogens with one attached hydrogen (secondary N) is 12. The zero-order valence-electron chi connectivity index (χ0n) is 77.9. The zero-order valence-corrected chi connectivity index (χ0v) is 78.7. The number of carbonyl (C=O) groups excluding carboxylic acids is 17. The number of ketones is 1. The molecule has 16 amide bonds. The van der Waals surface area contributed by atoms with Gasteiger partial charge in [0.15, 0.2) is 5.78 Å². The molecule has 21 N–H and O–H groups in total. The second-order valence-electron chi connectivity index (χ2n) is 35.3. The van der Waals surface area contributed by atoms with Crippen LogP contribution in [0.2, 0.25) is 0 Å². The molecule has 3 aromatic heterocycles. The molecule has 3 aliphatic heterocycles. The van der Waals surface area contributed by atoms with E-state index in [1.807, 2.05) is 13.8 Å². The van der Waals surface area contributed by atoms with Crippen LogP contribution < -0.4 is 65.1 Å². The number of para-hydroxylation sites is 2. The van der Waals surface area contributed by atoms with Gasteiger partial charge in [-0.25, -0.2) is 4.98 Å². The molecule has 0 saturated carbocycles. The lowest BCUT2D eigenvalue weighted by molar-refractivity contribution is -0.149. The molecule has 9 rings (SSSR count). The summed E-state index contributed by atoms with van der Waals surface area (Å²) < 4.78 is 0. The fourth-order valence-electron chi connectivity index (χ4n) is 17.4. The molecule has 0 bridgehead atoms. The van der Waals surface area contributed by atoms with Crippen molar-refractivity contribution in [3.8, 4) is 5.75 Å². The maximum atomic E-state index is 15.8. The van der Waals surface area contributed by atoms with Crippen molar-refractivity contribution in [1.29, 1.82) is 0 Å². The third kappa shape index (κ3) is 29.4. The van der Waals surface area contributed by atoms with E-state index in [9.17, 15) is 58.5 Å². The van der Waals surface area contributed by atoms with E-state index in [-0.39, 0.29) is 101 Å². The number of fused-ring (bicyclic) bond motifs is 4. The first-order valence-electron chi connectivity index (χ1n) is 46.1. The van der Waals surface area contributed by atoms with Gasteiger partial charge in [-0.15, -0.1) is 11.8 Å². The van der Waals surface area contributed by atoms with Crippen LogP contribution in [0.3, 0.4) is 0 Å². The first-order valence-corrected chi connectivity index (χ1v) is 47.3. The van der Waals surface area contributed by atoms with Crippen LogP contribution in [0.1, 0.15) is 160 Å². The Bertz CT molecular complexity index is 5240. The van der Waals surface area contributed by atoms with Crippen molar-refractivity contribution in [1.82, 2.24) is 92.3 Å². The minimum atomic E-state index is -1.80. The van der Waals surface area contributed by atoms with E-state index in [1.165, 1.54) is 74.5 Å². The van der Waals surface area contributed by atoms with Gasteiger partial charge in [-0.05, 0) is 112 Å². The Kier molecular flexibility index (Phi) is 39.8. The van der Waals surface area contributed by atoms with Crippen LogP contribution in [0.5, 0.6) is 5.75 Å². The maximum Gasteiger partial charge on any atom is 0.303 e. The highest BCUT2D eigenvalue weighted by molar-refractivity contribution is 8.00. The molecule has 738 valence electrons. The number of aromatic nitrogens is 4. The number of carbonyl (C=O) groups is 18. The van der Waals surface area contributed by atoms with Crippen molar-refractivity contribution >= 4 is 140 Å². The van der Waals surface area contributed by atoms with E-state index in [4.69, 9.17) is 17.2 Å².